The summed E-state index contributed by atoms with van der Waals surface area (Å²) in [5, 5.41) is 29.1. The molecule has 3 aromatic heterocycles. The number of ether oxygens (including phenoxy) is 3. The van der Waals surface area contributed by atoms with Crippen LogP contribution >= 0.6 is 22.9 Å². The number of fused-ring (bicyclic) bond motifs is 1. The topological polar surface area (TPSA) is 261 Å². The quantitative estimate of drug-likeness (QED) is 0.0525. The third kappa shape index (κ3) is 13.4. The van der Waals surface area contributed by atoms with E-state index >= 15 is 0 Å². The van der Waals surface area contributed by atoms with Crippen LogP contribution < -0.4 is 26.6 Å². The van der Waals surface area contributed by atoms with Crippen LogP contribution in [-0.2, 0) is 59.9 Å². The van der Waals surface area contributed by atoms with E-state index in [9.17, 15) is 33.9 Å². The number of halogens is 1. The molecule has 6 amide bonds. The zero-order valence-corrected chi connectivity index (χ0v) is 38.6. The number of piperidine rings is 1. The maximum atomic E-state index is 12.9. The van der Waals surface area contributed by atoms with Gasteiger partial charge in [-0.05, 0) is 68.9 Å². The Morgan fingerprint density at radius 2 is 1.67 bits per heavy atom. The minimum Gasteiger partial charge on any atom is -0.465 e. The predicted molar refractivity (Wildman–Crippen MR) is 241 cm³/mol. The Hall–Kier alpha value is -5.26. The number of imide groups is 1. The Labute approximate surface area is 391 Å². The van der Waals surface area contributed by atoms with Crippen molar-refractivity contribution < 1.29 is 48.1 Å². The average Bonchev–Trinajstić information content (AvgIpc) is 3.81. The number of nitrogens with zero attached hydrogens (tertiary/aromatic N) is 6. The molecule has 0 spiro atoms. The summed E-state index contributed by atoms with van der Waals surface area (Å²) in [6.07, 6.45) is 8.68. The number of carboxylic acid groups (broad SMARTS) is 1. The first-order valence-electron chi connectivity index (χ1n) is 22.5. The van der Waals surface area contributed by atoms with Gasteiger partial charge in [0.2, 0.25) is 29.6 Å². The van der Waals surface area contributed by atoms with Crippen LogP contribution in [-0.4, -0.2) is 154 Å². The molecule has 0 radical (unpaired) electrons. The van der Waals surface area contributed by atoms with Crippen LogP contribution in [0.2, 0.25) is 5.02 Å². The predicted octanol–water partition coefficient (Wildman–Crippen LogP) is 2.08. The molecule has 0 bridgehead atoms. The van der Waals surface area contributed by atoms with Crippen LogP contribution in [0.5, 0.6) is 0 Å². The van der Waals surface area contributed by atoms with Crippen molar-refractivity contribution >= 4 is 64.5 Å². The van der Waals surface area contributed by atoms with Gasteiger partial charge >= 0.3 is 6.09 Å². The number of rotatable bonds is 25. The van der Waals surface area contributed by atoms with Gasteiger partial charge in [0.15, 0.2) is 0 Å². The van der Waals surface area contributed by atoms with Crippen molar-refractivity contribution in [3.63, 3.8) is 0 Å². The number of aryl methyl sites for hydroxylation is 1. The van der Waals surface area contributed by atoms with Gasteiger partial charge in [0.25, 0.3) is 5.91 Å². The smallest absolute Gasteiger partial charge is 0.408 e. The summed E-state index contributed by atoms with van der Waals surface area (Å²) in [5.41, 5.74) is 3.47. The lowest BCUT2D eigenvalue weighted by Crippen LogP contribution is -2.52. The van der Waals surface area contributed by atoms with Crippen LogP contribution in [0.1, 0.15) is 77.2 Å². The van der Waals surface area contributed by atoms with E-state index in [4.69, 9.17) is 30.8 Å². The van der Waals surface area contributed by atoms with Gasteiger partial charge in [0, 0.05) is 61.3 Å². The second-order valence-electron chi connectivity index (χ2n) is 16.8. The molecule has 21 nitrogen and oxygen atoms in total. The normalized spacial score (nSPS) is 19.4. The monoisotopic (exact) mass is 955 g/mol. The fourth-order valence-electron chi connectivity index (χ4n) is 8.29. The molecular weight excluding hydrogens is 898 g/mol. The van der Waals surface area contributed by atoms with E-state index in [2.05, 4.69) is 36.7 Å². The van der Waals surface area contributed by atoms with Crippen molar-refractivity contribution in [2.75, 3.05) is 71.1 Å². The Balaban J connectivity index is 0.672. The van der Waals surface area contributed by atoms with Crippen LogP contribution in [0.25, 0.3) is 11.3 Å². The molecule has 3 fully saturated rings. The molecule has 4 aliphatic rings. The van der Waals surface area contributed by atoms with E-state index in [1.54, 1.807) is 12.4 Å². The number of anilines is 1. The number of hydrogen-bond acceptors (Lipinski definition) is 15. The fourth-order valence-corrected chi connectivity index (χ4v) is 9.55. The SMILES string of the molecule is Cn1ncc(-c2nc(N[C@H]3CC[C@H](N(CC(=O)NCCOCCOCCOCCNCC(=O)NCc4cc5c(s4)C(=O)N(C4CCC(=O)NC4=O)C5)C(=O)O)CC3)ncc2Cl)c1CC1CC1. The number of thiophene rings is 1. The maximum Gasteiger partial charge on any atom is 0.408 e. The molecule has 2 saturated carbocycles. The van der Waals surface area contributed by atoms with Gasteiger partial charge in [0.05, 0.1) is 80.7 Å². The molecule has 1 saturated heterocycles. The van der Waals surface area contributed by atoms with Crippen molar-refractivity contribution in [1.82, 2.24) is 50.8 Å². The molecule has 0 aromatic carbocycles. The van der Waals surface area contributed by atoms with E-state index in [1.807, 2.05) is 17.8 Å². The van der Waals surface area contributed by atoms with Crippen molar-refractivity contribution in [2.45, 2.75) is 89.0 Å². The van der Waals surface area contributed by atoms with Gasteiger partial charge in [-0.15, -0.1) is 11.3 Å². The standard InChI is InChI=1S/C43H58ClN11O10S/c1-53-34(18-26-2-3-26)31(21-49-53)38-32(44)22-48-42(52-38)50-28-4-6-29(7-5-28)54(43(61)62)25-37(58)46-11-13-64-15-17-65-16-14-63-12-10-45-23-36(57)47-20-30-19-27-24-55(41(60)39(27)66-30)33-8-9-35(56)51-40(33)59/h19,21-22,26,28-29,33,45H,2-18,20,23-25H2,1H3,(H,46,58)(H,47,57)(H,61,62)(H,48,50,52)(H,51,56,59)/t28-,29-,33?. The summed E-state index contributed by atoms with van der Waals surface area (Å²) in [5.74, 6) is -0.471. The molecule has 5 heterocycles. The highest BCUT2D eigenvalue weighted by molar-refractivity contribution is 7.14. The number of carbonyl (C=O) groups excluding carboxylic acids is 5. The van der Waals surface area contributed by atoms with E-state index in [0.29, 0.717) is 106 Å². The molecule has 2 aliphatic heterocycles. The summed E-state index contributed by atoms with van der Waals surface area (Å²) >= 11 is 7.84. The largest absolute Gasteiger partial charge is 0.465 e. The minimum atomic E-state index is -1.14. The van der Waals surface area contributed by atoms with Gasteiger partial charge < -0.3 is 45.5 Å². The van der Waals surface area contributed by atoms with E-state index < -0.39 is 23.9 Å². The molecule has 6 N–H and O–H groups in total. The summed E-state index contributed by atoms with van der Waals surface area (Å²) in [6.45, 7) is 3.07. The molecular formula is C43H58ClN11O10S. The maximum absolute atomic E-state index is 12.9. The molecule has 1 atom stereocenters. The van der Waals surface area contributed by atoms with E-state index in [-0.39, 0.29) is 69.0 Å². The van der Waals surface area contributed by atoms with E-state index in [1.165, 1.54) is 34.0 Å². The summed E-state index contributed by atoms with van der Waals surface area (Å²) < 4.78 is 18.5. The van der Waals surface area contributed by atoms with Crippen LogP contribution in [0.15, 0.2) is 18.5 Å². The second-order valence-corrected chi connectivity index (χ2v) is 18.4. The average molecular weight is 957 g/mol. The number of amides is 6. The lowest BCUT2D eigenvalue weighted by atomic mass is 9.90. The summed E-state index contributed by atoms with van der Waals surface area (Å²) in [7, 11) is 1.93. The van der Waals surface area contributed by atoms with Gasteiger partial charge in [-0.1, -0.05) is 11.6 Å². The lowest BCUT2D eigenvalue weighted by molar-refractivity contribution is -0.137. The van der Waals surface area contributed by atoms with Crippen LogP contribution in [0.4, 0.5) is 10.7 Å². The molecule has 2 aliphatic carbocycles. The third-order valence-electron chi connectivity index (χ3n) is 12.0. The van der Waals surface area contributed by atoms with Crippen molar-refractivity contribution in [3.05, 3.63) is 44.5 Å². The number of carbonyl (C=O) groups is 6. The number of nitrogens with one attached hydrogen (secondary N) is 5. The molecule has 358 valence electrons. The van der Waals surface area contributed by atoms with E-state index in [0.717, 1.165) is 28.1 Å². The van der Waals surface area contributed by atoms with Crippen LogP contribution in [0, 0.1) is 5.92 Å². The molecule has 66 heavy (non-hydrogen) atoms. The third-order valence-corrected chi connectivity index (χ3v) is 13.4. The first kappa shape index (κ1) is 48.7. The lowest BCUT2D eigenvalue weighted by Gasteiger charge is -2.35. The van der Waals surface area contributed by atoms with Gasteiger partial charge in [-0.25, -0.2) is 14.8 Å². The number of hydrogen-bond donors (Lipinski definition) is 6. The highest BCUT2D eigenvalue weighted by Crippen LogP contribution is 2.37. The molecule has 3 aromatic rings. The molecule has 7 rings (SSSR count). The zero-order chi connectivity index (χ0) is 46.6. The summed E-state index contributed by atoms with van der Waals surface area (Å²) in [6, 6.07) is 0.963. The van der Waals surface area contributed by atoms with Crippen LogP contribution in [0.3, 0.4) is 0 Å². The highest BCUT2D eigenvalue weighted by Gasteiger charge is 2.40. The second kappa shape index (κ2) is 23.5. The highest BCUT2D eigenvalue weighted by atomic mass is 35.5. The van der Waals surface area contributed by atoms with Gasteiger partial charge in [-0.2, -0.15) is 5.10 Å². The fraction of sp³-hybridized carbons (Fsp3) is 0.605. The summed E-state index contributed by atoms with van der Waals surface area (Å²) in [4.78, 5) is 87.0. The molecule has 1 unspecified atom stereocenters. The first-order chi connectivity index (χ1) is 31.9. The zero-order valence-electron chi connectivity index (χ0n) is 37.0. The Kier molecular flexibility index (Phi) is 17.3. The van der Waals surface area contributed by atoms with Crippen molar-refractivity contribution in [2.24, 2.45) is 13.0 Å². The van der Waals surface area contributed by atoms with Crippen molar-refractivity contribution in [3.8, 4) is 11.3 Å². The van der Waals surface area contributed by atoms with Gasteiger partial charge in [0.1, 0.15) is 12.6 Å². The Morgan fingerprint density at radius 1 is 0.939 bits per heavy atom. The first-order valence-corrected chi connectivity index (χ1v) is 23.7. The Morgan fingerprint density at radius 3 is 2.36 bits per heavy atom. The van der Waals surface area contributed by atoms with Gasteiger partial charge in [-0.3, -0.25) is 38.9 Å². The molecule has 23 heteroatoms. The number of aromatic nitrogens is 4. The Bertz CT molecular complexity index is 2210. The minimum absolute atomic E-state index is 0.0389. The van der Waals surface area contributed by atoms with Crippen molar-refractivity contribution in [1.29, 1.82) is 0 Å².